The van der Waals surface area contributed by atoms with Crippen molar-refractivity contribution in [2.75, 3.05) is 0 Å². The predicted molar refractivity (Wildman–Crippen MR) is 50.5 cm³/mol. The van der Waals surface area contributed by atoms with Gasteiger partial charge in [-0.2, -0.15) is 0 Å². The fourth-order valence-electron chi connectivity index (χ4n) is 2.49. The first kappa shape index (κ1) is 9.20. The van der Waals surface area contributed by atoms with Gasteiger partial charge in [-0.15, -0.1) is 0 Å². The normalized spacial score (nSPS) is 35.5. The van der Waals surface area contributed by atoms with Crippen LogP contribution in [0.1, 0.15) is 45.4 Å². The summed E-state index contributed by atoms with van der Waals surface area (Å²) in [5, 5.41) is 0. The molecule has 0 N–H and O–H groups in total. The molecule has 2 fully saturated rings. The summed E-state index contributed by atoms with van der Waals surface area (Å²) in [5.41, 5.74) is 0. The minimum absolute atomic E-state index is 0.0573. The predicted octanol–water partition coefficient (Wildman–Crippen LogP) is 2.31. The van der Waals surface area contributed by atoms with E-state index in [1.807, 2.05) is 0 Å². The van der Waals surface area contributed by atoms with E-state index in [0.29, 0.717) is 17.8 Å². The summed E-state index contributed by atoms with van der Waals surface area (Å²) in [6.07, 6.45) is 6.94. The van der Waals surface area contributed by atoms with Crippen molar-refractivity contribution in [1.29, 1.82) is 0 Å². The number of carbonyl (C=O) groups excluding carboxylic acids is 1. The van der Waals surface area contributed by atoms with Crippen LogP contribution >= 0.6 is 0 Å². The number of Topliss-reactive ketones (excluding diaryl/α,β-unsaturated/α-hetero) is 1. The molecule has 2 unspecified atom stereocenters. The average molecular weight is 182 g/mol. The van der Waals surface area contributed by atoms with E-state index in [9.17, 15) is 4.79 Å². The topological polar surface area (TPSA) is 26.3 Å². The van der Waals surface area contributed by atoms with E-state index in [4.69, 9.17) is 4.74 Å². The highest BCUT2D eigenvalue weighted by atomic mass is 16.5. The molecular formula is C11H18O2. The molecule has 1 aliphatic carbocycles. The Balaban J connectivity index is 1.89. The molecule has 1 saturated carbocycles. The lowest BCUT2D eigenvalue weighted by atomic mass is 9.97. The molecule has 0 aromatic heterocycles. The molecular weight excluding hydrogens is 164 g/mol. The molecule has 1 heterocycles. The van der Waals surface area contributed by atoms with Gasteiger partial charge in [0.25, 0.3) is 0 Å². The second-order valence-electron chi connectivity index (χ2n) is 4.40. The van der Waals surface area contributed by atoms with Crippen LogP contribution in [0.2, 0.25) is 0 Å². The lowest BCUT2D eigenvalue weighted by Gasteiger charge is -2.14. The molecule has 1 aliphatic heterocycles. The van der Waals surface area contributed by atoms with E-state index in [2.05, 4.69) is 6.92 Å². The molecule has 13 heavy (non-hydrogen) atoms. The molecule has 0 amide bonds. The molecule has 2 aliphatic rings. The van der Waals surface area contributed by atoms with Crippen molar-refractivity contribution < 1.29 is 9.53 Å². The Bertz CT molecular complexity index is 194. The van der Waals surface area contributed by atoms with Crippen LogP contribution in [0, 0.1) is 5.92 Å². The van der Waals surface area contributed by atoms with Gasteiger partial charge in [-0.25, -0.2) is 0 Å². The van der Waals surface area contributed by atoms with Crippen molar-refractivity contribution in [1.82, 2.24) is 0 Å². The van der Waals surface area contributed by atoms with E-state index < -0.39 is 0 Å². The van der Waals surface area contributed by atoms with Gasteiger partial charge < -0.3 is 4.74 Å². The highest BCUT2D eigenvalue weighted by molar-refractivity contribution is 5.85. The zero-order valence-electron chi connectivity index (χ0n) is 8.29. The maximum Gasteiger partial charge on any atom is 0.164 e. The lowest BCUT2D eigenvalue weighted by Crippen LogP contribution is -2.26. The monoisotopic (exact) mass is 182 g/mol. The largest absolute Gasteiger partial charge is 0.367 e. The third kappa shape index (κ3) is 1.93. The molecule has 1 saturated heterocycles. The molecule has 0 aromatic rings. The summed E-state index contributed by atoms with van der Waals surface area (Å²) in [6, 6.07) is 0. The Labute approximate surface area is 79.7 Å². The highest BCUT2D eigenvalue weighted by Crippen LogP contribution is 2.30. The van der Waals surface area contributed by atoms with Gasteiger partial charge in [0.15, 0.2) is 5.78 Å². The van der Waals surface area contributed by atoms with Gasteiger partial charge in [-0.3, -0.25) is 4.79 Å². The van der Waals surface area contributed by atoms with E-state index in [0.717, 1.165) is 25.7 Å². The van der Waals surface area contributed by atoms with Gasteiger partial charge >= 0.3 is 0 Å². The van der Waals surface area contributed by atoms with Crippen LogP contribution in [0.5, 0.6) is 0 Å². The minimum Gasteiger partial charge on any atom is -0.367 e. The van der Waals surface area contributed by atoms with Crippen LogP contribution in [0.15, 0.2) is 0 Å². The van der Waals surface area contributed by atoms with Crippen LogP contribution in [0.25, 0.3) is 0 Å². The zero-order chi connectivity index (χ0) is 9.26. The number of hydrogen-bond acceptors (Lipinski definition) is 2. The Morgan fingerprint density at radius 2 is 1.85 bits per heavy atom. The smallest absolute Gasteiger partial charge is 0.164 e. The summed E-state index contributed by atoms with van der Waals surface area (Å²) in [5.74, 6) is 0.720. The van der Waals surface area contributed by atoms with Crippen molar-refractivity contribution in [3.8, 4) is 0 Å². The van der Waals surface area contributed by atoms with Gasteiger partial charge in [-0.1, -0.05) is 12.8 Å². The number of rotatable bonds is 2. The first-order valence-corrected chi connectivity index (χ1v) is 5.46. The van der Waals surface area contributed by atoms with Crippen LogP contribution in [-0.2, 0) is 9.53 Å². The van der Waals surface area contributed by atoms with Crippen molar-refractivity contribution in [3.05, 3.63) is 0 Å². The number of ketones is 1. The van der Waals surface area contributed by atoms with Crippen molar-refractivity contribution in [2.24, 2.45) is 5.92 Å². The molecule has 2 rings (SSSR count). The second-order valence-corrected chi connectivity index (χ2v) is 4.40. The maximum atomic E-state index is 11.9. The van der Waals surface area contributed by atoms with Gasteiger partial charge in [0.1, 0.15) is 6.10 Å². The summed E-state index contributed by atoms with van der Waals surface area (Å²) in [7, 11) is 0. The van der Waals surface area contributed by atoms with Gasteiger partial charge in [0, 0.05) is 5.92 Å². The minimum atomic E-state index is -0.0573. The molecule has 2 nitrogen and oxygen atoms in total. The number of hydrogen-bond donors (Lipinski definition) is 0. The summed E-state index contributed by atoms with van der Waals surface area (Å²) < 4.78 is 5.59. The molecule has 0 radical (unpaired) electrons. The van der Waals surface area contributed by atoms with Crippen molar-refractivity contribution in [2.45, 2.75) is 57.7 Å². The quantitative estimate of drug-likeness (QED) is 0.655. The van der Waals surface area contributed by atoms with Crippen LogP contribution in [0.3, 0.4) is 0 Å². The lowest BCUT2D eigenvalue weighted by molar-refractivity contribution is -0.133. The third-order valence-electron chi connectivity index (χ3n) is 3.31. The Morgan fingerprint density at radius 3 is 2.38 bits per heavy atom. The van der Waals surface area contributed by atoms with E-state index in [-0.39, 0.29) is 6.10 Å². The maximum absolute atomic E-state index is 11.9. The molecule has 0 spiro atoms. The van der Waals surface area contributed by atoms with Gasteiger partial charge in [0.2, 0.25) is 0 Å². The molecule has 74 valence electrons. The van der Waals surface area contributed by atoms with Crippen LogP contribution in [-0.4, -0.2) is 18.0 Å². The first-order chi connectivity index (χ1) is 6.27. The SMILES string of the molecule is CC1CCC(C(=O)C2CCCC2)O1. The van der Waals surface area contributed by atoms with Crippen LogP contribution in [0.4, 0.5) is 0 Å². The first-order valence-electron chi connectivity index (χ1n) is 5.46. The Hall–Kier alpha value is -0.370. The number of ether oxygens (including phenoxy) is 1. The average Bonchev–Trinajstić information content (AvgIpc) is 2.72. The molecule has 0 bridgehead atoms. The highest BCUT2D eigenvalue weighted by Gasteiger charge is 2.33. The van der Waals surface area contributed by atoms with E-state index >= 15 is 0 Å². The van der Waals surface area contributed by atoms with E-state index in [1.54, 1.807) is 0 Å². The standard InChI is InChI=1S/C11H18O2/c1-8-6-7-10(13-8)11(12)9-4-2-3-5-9/h8-10H,2-7H2,1H3. The van der Waals surface area contributed by atoms with Crippen molar-refractivity contribution >= 4 is 5.78 Å². The van der Waals surface area contributed by atoms with Gasteiger partial charge in [0.05, 0.1) is 6.10 Å². The summed E-state index contributed by atoms with van der Waals surface area (Å²) in [4.78, 5) is 11.9. The third-order valence-corrected chi connectivity index (χ3v) is 3.31. The van der Waals surface area contributed by atoms with Gasteiger partial charge in [-0.05, 0) is 32.6 Å². The Morgan fingerprint density at radius 1 is 1.15 bits per heavy atom. The zero-order valence-corrected chi connectivity index (χ0v) is 8.29. The number of carbonyl (C=O) groups is 1. The van der Waals surface area contributed by atoms with Crippen molar-refractivity contribution in [3.63, 3.8) is 0 Å². The fraction of sp³-hybridized carbons (Fsp3) is 0.909. The molecule has 0 aromatic carbocycles. The molecule has 2 heteroatoms. The molecule has 2 atom stereocenters. The second kappa shape index (κ2) is 3.79. The van der Waals surface area contributed by atoms with Crippen LogP contribution < -0.4 is 0 Å². The van der Waals surface area contributed by atoms with E-state index in [1.165, 1.54) is 12.8 Å². The fourth-order valence-corrected chi connectivity index (χ4v) is 2.49. The summed E-state index contributed by atoms with van der Waals surface area (Å²) in [6.45, 7) is 2.06. The summed E-state index contributed by atoms with van der Waals surface area (Å²) >= 11 is 0. The Kier molecular flexibility index (Phi) is 2.68.